The maximum Gasteiger partial charge on any atom is -0.0318 e. The summed E-state index contributed by atoms with van der Waals surface area (Å²) >= 11 is 0. The minimum atomic E-state index is 0.859. The predicted octanol–water partition coefficient (Wildman–Crippen LogP) is 6.61. The lowest BCUT2D eigenvalue weighted by Crippen LogP contribution is -2.35. The fourth-order valence-electron chi connectivity index (χ4n) is 5.31. The topological polar surface area (TPSA) is 0 Å². The molecule has 0 heterocycles. The molecule has 0 aromatic carbocycles. The minimum absolute atomic E-state index is 0.859. The molecule has 6 atom stereocenters. The lowest BCUT2D eigenvalue weighted by atomic mass is 9.62. The van der Waals surface area contributed by atoms with Crippen LogP contribution < -0.4 is 0 Å². The molecule has 21 heavy (non-hydrogen) atoms. The first-order chi connectivity index (χ1) is 9.88. The highest BCUT2D eigenvalue weighted by atomic mass is 14.4. The molecule has 2 fully saturated rings. The van der Waals surface area contributed by atoms with Crippen LogP contribution in [0.1, 0.15) is 80.1 Å². The van der Waals surface area contributed by atoms with Gasteiger partial charge in [-0.25, -0.2) is 0 Å². The molecule has 0 nitrogen and oxygen atoms in total. The normalized spacial score (nSPS) is 41.7. The molecule has 1 radical (unpaired) electrons. The van der Waals surface area contributed by atoms with Crippen LogP contribution in [0, 0.1) is 53.8 Å². The summed E-state index contributed by atoms with van der Waals surface area (Å²) in [5.74, 6) is 7.29. The zero-order valence-corrected chi connectivity index (χ0v) is 15.4. The molecule has 0 unspecified atom stereocenters. The second-order valence-electron chi connectivity index (χ2n) is 9.17. The van der Waals surface area contributed by atoms with E-state index in [1.807, 2.05) is 0 Å². The standard InChI is InChI=1S/C21H39/c1-14(2)20-9-7-16(5)11-18(20)13-19-12-17(6)8-10-21(19)15(3)4/h13-21H,7-12H2,1-6H3/t16-,17-,18+,19+,20+,21+/m1/s1. The predicted molar refractivity (Wildman–Crippen MR) is 94.0 cm³/mol. The van der Waals surface area contributed by atoms with Gasteiger partial charge in [0.15, 0.2) is 0 Å². The molecule has 2 saturated carbocycles. The van der Waals surface area contributed by atoms with Gasteiger partial charge in [0.05, 0.1) is 0 Å². The third-order valence-corrected chi connectivity index (χ3v) is 6.64. The molecule has 0 spiro atoms. The Hall–Kier alpha value is 0. The van der Waals surface area contributed by atoms with Crippen LogP contribution in [0.5, 0.6) is 0 Å². The van der Waals surface area contributed by atoms with Crippen LogP contribution in [-0.4, -0.2) is 0 Å². The molecule has 0 aromatic rings. The Morgan fingerprint density at radius 3 is 1.38 bits per heavy atom. The summed E-state index contributed by atoms with van der Waals surface area (Å²) < 4.78 is 0. The summed E-state index contributed by atoms with van der Waals surface area (Å²) in [6.07, 6.45) is 11.6. The Balaban J connectivity index is 2.04. The van der Waals surface area contributed by atoms with Crippen molar-refractivity contribution in [3.05, 3.63) is 6.42 Å². The first-order valence-electron chi connectivity index (χ1n) is 9.73. The van der Waals surface area contributed by atoms with Gasteiger partial charge in [-0.15, -0.1) is 0 Å². The molecule has 2 rings (SSSR count). The van der Waals surface area contributed by atoms with Crippen molar-refractivity contribution in [3.8, 4) is 0 Å². The molecule has 0 bridgehead atoms. The lowest BCUT2D eigenvalue weighted by molar-refractivity contribution is 0.113. The van der Waals surface area contributed by atoms with Gasteiger partial charge < -0.3 is 0 Å². The second-order valence-corrected chi connectivity index (χ2v) is 9.17. The van der Waals surface area contributed by atoms with Gasteiger partial charge in [0.1, 0.15) is 0 Å². The molecule has 0 aliphatic heterocycles. The third kappa shape index (κ3) is 4.49. The highest BCUT2D eigenvalue weighted by molar-refractivity contribution is 4.97. The van der Waals surface area contributed by atoms with E-state index in [-0.39, 0.29) is 0 Å². The highest BCUT2D eigenvalue weighted by Gasteiger charge is 2.37. The van der Waals surface area contributed by atoms with Crippen LogP contribution in [-0.2, 0) is 0 Å². The SMILES string of the molecule is CC(C)[C@@H]1CC[C@@H](C)C[C@H]1[CH][C@@H]1C[C@H](C)CC[C@H]1C(C)C. The largest absolute Gasteiger partial charge is 0.0625 e. The van der Waals surface area contributed by atoms with Crippen LogP contribution in [0.2, 0.25) is 0 Å². The van der Waals surface area contributed by atoms with Crippen LogP contribution >= 0.6 is 0 Å². The molecule has 2 aliphatic rings. The Labute approximate surface area is 134 Å². The molecule has 0 amide bonds. The van der Waals surface area contributed by atoms with E-state index >= 15 is 0 Å². The Bertz CT molecular complexity index is 273. The molecular formula is C21H39. The smallest absolute Gasteiger partial charge is 0.0318 e. The molecule has 123 valence electrons. The van der Waals surface area contributed by atoms with Gasteiger partial charge in [-0.2, -0.15) is 0 Å². The average molecular weight is 292 g/mol. The van der Waals surface area contributed by atoms with E-state index in [1.54, 1.807) is 0 Å². The monoisotopic (exact) mass is 291 g/mol. The molecule has 0 heteroatoms. The molecule has 0 aromatic heterocycles. The van der Waals surface area contributed by atoms with Gasteiger partial charge >= 0.3 is 0 Å². The van der Waals surface area contributed by atoms with Crippen LogP contribution in [0.3, 0.4) is 0 Å². The minimum Gasteiger partial charge on any atom is -0.0625 e. The van der Waals surface area contributed by atoms with Crippen molar-refractivity contribution in [2.24, 2.45) is 47.3 Å². The summed E-state index contributed by atoms with van der Waals surface area (Å²) in [6, 6.07) is 0. The van der Waals surface area contributed by atoms with Gasteiger partial charge in [-0.05, 0) is 79.4 Å². The first-order valence-corrected chi connectivity index (χ1v) is 9.73. The lowest BCUT2D eigenvalue weighted by Gasteiger charge is -2.43. The van der Waals surface area contributed by atoms with Gasteiger partial charge in [-0.1, -0.05) is 54.4 Å². The van der Waals surface area contributed by atoms with Gasteiger partial charge in [0.25, 0.3) is 0 Å². The quantitative estimate of drug-likeness (QED) is 0.547. The number of rotatable bonds is 4. The summed E-state index contributed by atoms with van der Waals surface area (Å²) in [6.45, 7) is 14.7. The van der Waals surface area contributed by atoms with E-state index < -0.39 is 0 Å². The van der Waals surface area contributed by atoms with E-state index in [2.05, 4.69) is 48.0 Å². The van der Waals surface area contributed by atoms with Crippen LogP contribution in [0.4, 0.5) is 0 Å². The van der Waals surface area contributed by atoms with Crippen molar-refractivity contribution >= 4 is 0 Å². The second kappa shape index (κ2) is 7.51. The fourth-order valence-corrected chi connectivity index (χ4v) is 5.31. The van der Waals surface area contributed by atoms with Gasteiger partial charge in [0, 0.05) is 0 Å². The Kier molecular flexibility index (Phi) is 6.21. The van der Waals surface area contributed by atoms with Crippen molar-refractivity contribution in [2.75, 3.05) is 0 Å². The Morgan fingerprint density at radius 2 is 1.05 bits per heavy atom. The highest BCUT2D eigenvalue weighted by Crippen LogP contribution is 2.46. The van der Waals surface area contributed by atoms with Gasteiger partial charge in [-0.3, -0.25) is 0 Å². The molecule has 0 saturated heterocycles. The molecular weight excluding hydrogens is 252 g/mol. The zero-order chi connectivity index (χ0) is 15.6. The van der Waals surface area contributed by atoms with Crippen molar-refractivity contribution in [3.63, 3.8) is 0 Å². The summed E-state index contributed by atoms with van der Waals surface area (Å²) in [4.78, 5) is 0. The summed E-state index contributed by atoms with van der Waals surface area (Å²) in [5.41, 5.74) is 0. The fraction of sp³-hybridized carbons (Fsp3) is 0.952. The van der Waals surface area contributed by atoms with E-state index in [0.717, 1.165) is 47.3 Å². The summed E-state index contributed by atoms with van der Waals surface area (Å²) in [5, 5.41) is 0. The summed E-state index contributed by atoms with van der Waals surface area (Å²) in [7, 11) is 0. The van der Waals surface area contributed by atoms with E-state index in [0.29, 0.717) is 0 Å². The van der Waals surface area contributed by atoms with Crippen molar-refractivity contribution < 1.29 is 0 Å². The molecule has 2 aliphatic carbocycles. The van der Waals surface area contributed by atoms with E-state index in [9.17, 15) is 0 Å². The first kappa shape index (κ1) is 17.4. The van der Waals surface area contributed by atoms with E-state index in [4.69, 9.17) is 0 Å². The molecule has 0 N–H and O–H groups in total. The number of hydrogen-bond donors (Lipinski definition) is 0. The van der Waals surface area contributed by atoms with Crippen molar-refractivity contribution in [2.45, 2.75) is 80.1 Å². The van der Waals surface area contributed by atoms with Crippen LogP contribution in [0.25, 0.3) is 0 Å². The maximum absolute atomic E-state index is 2.86. The average Bonchev–Trinajstić information content (AvgIpc) is 2.38. The van der Waals surface area contributed by atoms with Crippen molar-refractivity contribution in [1.82, 2.24) is 0 Å². The Morgan fingerprint density at radius 1 is 0.667 bits per heavy atom. The van der Waals surface area contributed by atoms with Crippen molar-refractivity contribution in [1.29, 1.82) is 0 Å². The third-order valence-electron chi connectivity index (χ3n) is 6.64. The zero-order valence-electron chi connectivity index (χ0n) is 15.4. The maximum atomic E-state index is 2.86. The number of hydrogen-bond acceptors (Lipinski definition) is 0. The van der Waals surface area contributed by atoms with Crippen LogP contribution in [0.15, 0.2) is 0 Å². The van der Waals surface area contributed by atoms with E-state index in [1.165, 1.54) is 38.5 Å². The van der Waals surface area contributed by atoms with Gasteiger partial charge in [0.2, 0.25) is 0 Å².